The van der Waals surface area contributed by atoms with Crippen LogP contribution in [0.1, 0.15) is 6.42 Å². The Hall–Kier alpha value is -2.00. The number of benzene rings is 1. The van der Waals surface area contributed by atoms with Gasteiger partial charge in [0.1, 0.15) is 32.3 Å². The van der Waals surface area contributed by atoms with E-state index in [1.807, 2.05) is 18.2 Å². The molecule has 1 aliphatic rings. The van der Waals surface area contributed by atoms with Crippen LogP contribution in [0.5, 0.6) is 5.88 Å². The molecule has 0 aliphatic carbocycles. The summed E-state index contributed by atoms with van der Waals surface area (Å²) >= 11 is 0. The lowest BCUT2D eigenvalue weighted by Crippen LogP contribution is -2.59. The third-order valence-electron chi connectivity index (χ3n) is 5.19. The van der Waals surface area contributed by atoms with Gasteiger partial charge in [0, 0.05) is 13.5 Å². The fourth-order valence-electron chi connectivity index (χ4n) is 3.70. The van der Waals surface area contributed by atoms with Crippen molar-refractivity contribution in [2.45, 2.75) is 12.5 Å². The number of aryl methyl sites for hydroxylation is 1. The minimum Gasteiger partial charge on any atom is -0.473 e. The molecule has 0 spiro atoms. The Morgan fingerprint density at radius 1 is 1.33 bits per heavy atom. The smallest absolute Gasteiger partial charge is 0.274 e. The zero-order valence-corrected chi connectivity index (χ0v) is 15.8. The van der Waals surface area contributed by atoms with E-state index in [0.717, 1.165) is 30.5 Å². The number of aliphatic hydroxyl groups is 1. The third-order valence-corrected chi connectivity index (χ3v) is 5.19. The molecule has 1 fully saturated rings. The first-order valence-electron chi connectivity index (χ1n) is 9.44. The van der Waals surface area contributed by atoms with Crippen LogP contribution in [-0.4, -0.2) is 78.0 Å². The van der Waals surface area contributed by atoms with E-state index in [9.17, 15) is 9.90 Å². The Bertz CT molecular complexity index is 817. The molecule has 0 amide bonds. The van der Waals surface area contributed by atoms with E-state index in [-0.39, 0.29) is 12.2 Å². The first kappa shape index (κ1) is 19.8. The Balaban J connectivity index is 1.70. The topological polar surface area (TPSA) is 99.6 Å². The Kier molecular flexibility index (Phi) is 6.43. The minimum atomic E-state index is -0.640. The van der Waals surface area contributed by atoms with Gasteiger partial charge in [-0.3, -0.25) is 4.79 Å². The van der Waals surface area contributed by atoms with Crippen molar-refractivity contribution in [3.05, 3.63) is 34.6 Å². The number of aliphatic hydroxyl groups excluding tert-OH is 1. The summed E-state index contributed by atoms with van der Waals surface area (Å²) in [6.45, 7) is 5.43. The summed E-state index contributed by atoms with van der Waals surface area (Å²) in [5.74, 6) is 0.363. The van der Waals surface area contributed by atoms with Crippen LogP contribution in [0.2, 0.25) is 0 Å². The van der Waals surface area contributed by atoms with Gasteiger partial charge in [-0.05, 0) is 18.7 Å². The van der Waals surface area contributed by atoms with Gasteiger partial charge in [-0.2, -0.15) is 0 Å². The number of rotatable bonds is 8. The number of fused-ring (bicyclic) bond motifs is 1. The third kappa shape index (κ3) is 4.65. The molecule has 0 bridgehead atoms. The molecule has 8 heteroatoms. The van der Waals surface area contributed by atoms with Gasteiger partial charge in [-0.1, -0.05) is 12.1 Å². The Labute approximate surface area is 158 Å². The highest BCUT2D eigenvalue weighted by Gasteiger charge is 2.32. The summed E-state index contributed by atoms with van der Waals surface area (Å²) < 4.78 is 13.4. The molecule has 1 saturated heterocycles. The number of nitrogens with two attached hydrogens (primary N) is 1. The van der Waals surface area contributed by atoms with Crippen LogP contribution in [0.15, 0.2) is 29.1 Å². The maximum absolute atomic E-state index is 12.2. The number of ether oxygens (including phenoxy) is 2. The van der Waals surface area contributed by atoms with Gasteiger partial charge in [-0.15, -0.1) is 5.10 Å². The zero-order chi connectivity index (χ0) is 19.3. The van der Waals surface area contributed by atoms with Gasteiger partial charge in [0.05, 0.1) is 30.5 Å². The first-order valence-corrected chi connectivity index (χ1v) is 9.44. The Morgan fingerprint density at radius 3 is 2.74 bits per heavy atom. The summed E-state index contributed by atoms with van der Waals surface area (Å²) in [7, 11) is 1.60. The van der Waals surface area contributed by atoms with E-state index in [2.05, 4.69) is 5.10 Å². The predicted octanol–water partition coefficient (Wildman–Crippen LogP) is -0.131. The van der Waals surface area contributed by atoms with E-state index >= 15 is 0 Å². The quantitative estimate of drug-likeness (QED) is 0.622. The van der Waals surface area contributed by atoms with Crippen LogP contribution in [-0.2, 0) is 11.8 Å². The van der Waals surface area contributed by atoms with Crippen molar-refractivity contribution in [1.82, 2.24) is 9.78 Å². The van der Waals surface area contributed by atoms with Crippen molar-refractivity contribution in [3.63, 3.8) is 0 Å². The summed E-state index contributed by atoms with van der Waals surface area (Å²) in [6.07, 6.45) is 0.277. The monoisotopic (exact) mass is 377 g/mol. The van der Waals surface area contributed by atoms with E-state index in [1.165, 1.54) is 4.68 Å². The maximum Gasteiger partial charge on any atom is 0.274 e. The molecule has 3 rings (SSSR count). The fraction of sp³-hybridized carbons (Fsp3) is 0.579. The van der Waals surface area contributed by atoms with Crippen LogP contribution in [0.25, 0.3) is 10.8 Å². The van der Waals surface area contributed by atoms with Crippen molar-refractivity contribution >= 4 is 10.8 Å². The van der Waals surface area contributed by atoms with E-state index in [1.54, 1.807) is 13.1 Å². The van der Waals surface area contributed by atoms with Crippen LogP contribution in [0.3, 0.4) is 0 Å². The number of aromatic nitrogens is 2. The van der Waals surface area contributed by atoms with Crippen molar-refractivity contribution < 1.29 is 19.1 Å². The molecule has 27 heavy (non-hydrogen) atoms. The van der Waals surface area contributed by atoms with Gasteiger partial charge < -0.3 is 24.8 Å². The largest absolute Gasteiger partial charge is 0.473 e. The van der Waals surface area contributed by atoms with Gasteiger partial charge in [-0.25, -0.2) is 4.68 Å². The predicted molar refractivity (Wildman–Crippen MR) is 103 cm³/mol. The SMILES string of the molecule is Cn1nc(OCC(O)C[N+]2(CCCN)CCOCC2)c2ccccc2c1=O. The minimum absolute atomic E-state index is 0.124. The fourth-order valence-corrected chi connectivity index (χ4v) is 3.70. The van der Waals surface area contributed by atoms with Gasteiger partial charge >= 0.3 is 0 Å². The van der Waals surface area contributed by atoms with Crippen LogP contribution >= 0.6 is 0 Å². The second kappa shape index (κ2) is 8.79. The molecule has 148 valence electrons. The van der Waals surface area contributed by atoms with E-state index < -0.39 is 6.10 Å². The average molecular weight is 377 g/mol. The highest BCUT2D eigenvalue weighted by molar-refractivity contribution is 5.85. The molecular formula is C19H29N4O4+. The number of morpholine rings is 1. The lowest BCUT2D eigenvalue weighted by Gasteiger charge is -2.42. The molecule has 1 unspecified atom stereocenters. The van der Waals surface area contributed by atoms with Crippen LogP contribution in [0, 0.1) is 0 Å². The summed E-state index contributed by atoms with van der Waals surface area (Å²) in [6, 6.07) is 7.21. The molecule has 1 aromatic heterocycles. The summed E-state index contributed by atoms with van der Waals surface area (Å²) in [5.41, 5.74) is 5.52. The van der Waals surface area contributed by atoms with Crippen molar-refractivity contribution in [3.8, 4) is 5.88 Å². The van der Waals surface area contributed by atoms with E-state index in [4.69, 9.17) is 15.2 Å². The molecule has 3 N–H and O–H groups in total. The number of hydrogen-bond donors (Lipinski definition) is 2. The highest BCUT2D eigenvalue weighted by Crippen LogP contribution is 2.20. The lowest BCUT2D eigenvalue weighted by atomic mass is 10.2. The van der Waals surface area contributed by atoms with E-state index in [0.29, 0.717) is 43.0 Å². The normalized spacial score (nSPS) is 17.7. The average Bonchev–Trinajstić information content (AvgIpc) is 2.69. The number of nitrogens with zero attached hydrogens (tertiary/aromatic N) is 3. The summed E-state index contributed by atoms with van der Waals surface area (Å²) in [5, 5.41) is 16.0. The van der Waals surface area contributed by atoms with Gasteiger partial charge in [0.15, 0.2) is 0 Å². The molecule has 0 radical (unpaired) electrons. The molecule has 2 aromatic rings. The summed E-state index contributed by atoms with van der Waals surface area (Å²) in [4.78, 5) is 12.2. The van der Waals surface area contributed by atoms with Crippen LogP contribution in [0.4, 0.5) is 0 Å². The molecule has 1 aliphatic heterocycles. The van der Waals surface area contributed by atoms with Gasteiger partial charge in [0.2, 0.25) is 5.88 Å². The molecule has 0 saturated carbocycles. The zero-order valence-electron chi connectivity index (χ0n) is 15.8. The van der Waals surface area contributed by atoms with Crippen molar-refractivity contribution in [1.29, 1.82) is 0 Å². The molecule has 2 heterocycles. The second-order valence-corrected chi connectivity index (χ2v) is 7.19. The Morgan fingerprint density at radius 2 is 2.04 bits per heavy atom. The van der Waals surface area contributed by atoms with Crippen molar-refractivity contribution in [2.75, 3.05) is 52.5 Å². The second-order valence-electron chi connectivity index (χ2n) is 7.19. The maximum atomic E-state index is 12.2. The number of hydrogen-bond acceptors (Lipinski definition) is 6. The highest BCUT2D eigenvalue weighted by atomic mass is 16.5. The van der Waals surface area contributed by atoms with Crippen molar-refractivity contribution in [2.24, 2.45) is 12.8 Å². The lowest BCUT2D eigenvalue weighted by molar-refractivity contribution is -0.937. The molecule has 1 atom stereocenters. The van der Waals surface area contributed by atoms with Crippen LogP contribution < -0.4 is 16.0 Å². The van der Waals surface area contributed by atoms with Gasteiger partial charge in [0.25, 0.3) is 5.56 Å². The standard InChI is InChI=1S/C19H29N4O4/c1-22-19(25)17-6-3-2-5-16(17)18(21-22)27-14-15(24)13-23(8-4-7-20)9-11-26-12-10-23/h2-3,5-6,15,24H,4,7-14,20H2,1H3/q+1. The first-order chi connectivity index (χ1) is 13.0. The number of quaternary nitrogens is 1. The molecule has 1 aromatic carbocycles. The molecule has 8 nitrogen and oxygen atoms in total. The molecular weight excluding hydrogens is 348 g/mol.